The molecule has 0 saturated carbocycles. The van der Waals surface area contributed by atoms with E-state index in [1.165, 1.54) is 0 Å². The molecule has 22 heavy (non-hydrogen) atoms. The Hall–Kier alpha value is -1.30. The Morgan fingerprint density at radius 2 is 2.05 bits per heavy atom. The van der Waals surface area contributed by atoms with Crippen LogP contribution in [-0.4, -0.2) is 54.7 Å². The van der Waals surface area contributed by atoms with E-state index >= 15 is 0 Å². The van der Waals surface area contributed by atoms with E-state index < -0.39 is 5.60 Å². The zero-order valence-electron chi connectivity index (χ0n) is 14.0. The summed E-state index contributed by atoms with van der Waals surface area (Å²) in [6.07, 6.45) is 3.49. The molecule has 2 fully saturated rings. The van der Waals surface area contributed by atoms with Crippen LogP contribution in [-0.2, 0) is 9.53 Å². The number of carbonyl (C=O) groups excluding carboxylic acids is 2. The van der Waals surface area contributed by atoms with Gasteiger partial charge in [-0.1, -0.05) is 0 Å². The topological polar surface area (TPSA) is 70.7 Å². The van der Waals surface area contributed by atoms with Gasteiger partial charge in [0.1, 0.15) is 11.6 Å². The van der Waals surface area contributed by atoms with Gasteiger partial charge in [-0.25, -0.2) is 4.79 Å². The summed E-state index contributed by atoms with van der Waals surface area (Å²) in [7, 11) is 0. The molecule has 2 saturated heterocycles. The Balaban J connectivity index is 1.83. The van der Waals surface area contributed by atoms with E-state index in [4.69, 9.17) is 4.74 Å². The van der Waals surface area contributed by atoms with Crippen LogP contribution < -0.4 is 10.6 Å². The number of rotatable bonds is 3. The van der Waals surface area contributed by atoms with Gasteiger partial charge in [0.15, 0.2) is 0 Å². The second-order valence-corrected chi connectivity index (χ2v) is 7.29. The van der Waals surface area contributed by atoms with Crippen LogP contribution in [0.25, 0.3) is 0 Å². The molecule has 0 aromatic rings. The van der Waals surface area contributed by atoms with Gasteiger partial charge in [0, 0.05) is 13.1 Å². The molecule has 2 amide bonds. The maximum absolute atomic E-state index is 12.4. The highest BCUT2D eigenvalue weighted by atomic mass is 16.6. The molecule has 6 nitrogen and oxygen atoms in total. The standard InChI is InChI=1S/C16H29N3O3/c1-16(2,3)22-15(21)19-9-5-7-13(19)14(20)18-11-12-6-4-8-17-10-12/h12-13,17H,4-11H2,1-3H3,(H,18,20)/t12-,13+/m0/s1. The third kappa shape index (κ3) is 4.87. The largest absolute Gasteiger partial charge is 0.444 e. The van der Waals surface area contributed by atoms with Crippen molar-refractivity contribution in [3.8, 4) is 0 Å². The highest BCUT2D eigenvalue weighted by Crippen LogP contribution is 2.21. The number of hydrogen-bond donors (Lipinski definition) is 2. The van der Waals surface area contributed by atoms with E-state index in [1.807, 2.05) is 20.8 Å². The molecule has 0 bridgehead atoms. The van der Waals surface area contributed by atoms with Gasteiger partial charge in [0.05, 0.1) is 0 Å². The monoisotopic (exact) mass is 311 g/mol. The minimum Gasteiger partial charge on any atom is -0.444 e. The molecule has 6 heteroatoms. The minimum absolute atomic E-state index is 0.0473. The molecule has 2 rings (SSSR count). The van der Waals surface area contributed by atoms with Crippen molar-refractivity contribution in [1.82, 2.24) is 15.5 Å². The predicted octanol–water partition coefficient (Wildman–Crippen LogP) is 1.50. The van der Waals surface area contributed by atoms with Gasteiger partial charge in [-0.15, -0.1) is 0 Å². The Morgan fingerprint density at radius 3 is 2.68 bits per heavy atom. The molecule has 0 aromatic heterocycles. The van der Waals surface area contributed by atoms with Crippen LogP contribution in [0.15, 0.2) is 0 Å². The van der Waals surface area contributed by atoms with Crippen LogP contribution in [0, 0.1) is 5.92 Å². The van der Waals surface area contributed by atoms with Crippen LogP contribution in [0.5, 0.6) is 0 Å². The fraction of sp³-hybridized carbons (Fsp3) is 0.875. The second-order valence-electron chi connectivity index (χ2n) is 7.29. The molecule has 2 aliphatic rings. The van der Waals surface area contributed by atoms with Crippen molar-refractivity contribution in [3.05, 3.63) is 0 Å². The van der Waals surface area contributed by atoms with E-state index in [9.17, 15) is 9.59 Å². The number of piperidine rings is 1. The lowest BCUT2D eigenvalue weighted by atomic mass is 9.99. The highest BCUT2D eigenvalue weighted by Gasteiger charge is 2.36. The summed E-state index contributed by atoms with van der Waals surface area (Å²) in [5.74, 6) is 0.447. The Labute approximate surface area is 132 Å². The molecule has 0 aromatic carbocycles. The molecule has 0 aliphatic carbocycles. The third-order valence-corrected chi connectivity index (χ3v) is 4.15. The van der Waals surface area contributed by atoms with Crippen LogP contribution in [0.4, 0.5) is 4.79 Å². The first-order valence-corrected chi connectivity index (χ1v) is 8.35. The summed E-state index contributed by atoms with van der Waals surface area (Å²) in [6.45, 7) is 8.83. The summed E-state index contributed by atoms with van der Waals surface area (Å²) in [6, 6.07) is -0.383. The molecule has 2 atom stereocenters. The molecule has 2 heterocycles. The van der Waals surface area contributed by atoms with Gasteiger partial charge < -0.3 is 15.4 Å². The maximum atomic E-state index is 12.4. The Kier molecular flexibility index (Phi) is 5.67. The normalized spacial score (nSPS) is 25.9. The summed E-state index contributed by atoms with van der Waals surface area (Å²) >= 11 is 0. The van der Waals surface area contributed by atoms with E-state index in [1.54, 1.807) is 4.90 Å². The molecule has 2 N–H and O–H groups in total. The van der Waals surface area contributed by atoms with Crippen molar-refractivity contribution in [2.45, 2.75) is 58.1 Å². The number of carbonyl (C=O) groups is 2. The van der Waals surface area contributed by atoms with E-state index in [2.05, 4.69) is 10.6 Å². The van der Waals surface area contributed by atoms with E-state index in [-0.39, 0.29) is 18.0 Å². The van der Waals surface area contributed by atoms with E-state index in [0.29, 0.717) is 25.4 Å². The van der Waals surface area contributed by atoms with Gasteiger partial charge in [-0.3, -0.25) is 9.69 Å². The summed E-state index contributed by atoms with van der Waals surface area (Å²) in [4.78, 5) is 26.2. The fourth-order valence-corrected chi connectivity index (χ4v) is 3.04. The molecule has 126 valence electrons. The van der Waals surface area contributed by atoms with Crippen LogP contribution >= 0.6 is 0 Å². The van der Waals surface area contributed by atoms with Gasteiger partial charge in [-0.05, 0) is 65.5 Å². The summed E-state index contributed by atoms with van der Waals surface area (Å²) in [5.41, 5.74) is -0.533. The SMILES string of the molecule is CC(C)(C)OC(=O)N1CCC[C@@H]1C(=O)NC[C@H]1CCCNC1. The van der Waals surface area contributed by atoms with Crippen molar-refractivity contribution >= 4 is 12.0 Å². The molecular weight excluding hydrogens is 282 g/mol. The molecule has 0 radical (unpaired) electrons. The zero-order valence-corrected chi connectivity index (χ0v) is 14.0. The molecule has 0 spiro atoms. The Morgan fingerprint density at radius 1 is 1.27 bits per heavy atom. The average molecular weight is 311 g/mol. The van der Waals surface area contributed by atoms with Crippen molar-refractivity contribution in [1.29, 1.82) is 0 Å². The van der Waals surface area contributed by atoms with Gasteiger partial charge in [0.25, 0.3) is 0 Å². The lowest BCUT2D eigenvalue weighted by Crippen LogP contribution is -2.49. The number of nitrogens with zero attached hydrogens (tertiary/aromatic N) is 1. The summed E-state index contributed by atoms with van der Waals surface area (Å²) in [5, 5.41) is 6.36. The quantitative estimate of drug-likeness (QED) is 0.829. The molecule has 0 unspecified atom stereocenters. The second kappa shape index (κ2) is 7.31. The first-order valence-electron chi connectivity index (χ1n) is 8.35. The average Bonchev–Trinajstić information content (AvgIpc) is 2.93. The Bertz CT molecular complexity index is 400. The van der Waals surface area contributed by atoms with Crippen LogP contribution in [0.3, 0.4) is 0 Å². The number of likely N-dealkylation sites (tertiary alicyclic amines) is 1. The van der Waals surface area contributed by atoms with Crippen LogP contribution in [0.2, 0.25) is 0 Å². The van der Waals surface area contributed by atoms with Crippen molar-refractivity contribution < 1.29 is 14.3 Å². The lowest BCUT2D eigenvalue weighted by molar-refractivity contribution is -0.125. The number of amides is 2. The number of hydrogen-bond acceptors (Lipinski definition) is 4. The van der Waals surface area contributed by atoms with Gasteiger partial charge in [-0.2, -0.15) is 0 Å². The lowest BCUT2D eigenvalue weighted by Gasteiger charge is -2.29. The smallest absolute Gasteiger partial charge is 0.410 e. The maximum Gasteiger partial charge on any atom is 0.410 e. The number of ether oxygens (including phenoxy) is 1. The van der Waals surface area contributed by atoms with Gasteiger partial charge >= 0.3 is 6.09 Å². The van der Waals surface area contributed by atoms with E-state index in [0.717, 1.165) is 32.4 Å². The molecular formula is C16H29N3O3. The van der Waals surface area contributed by atoms with Crippen molar-refractivity contribution in [3.63, 3.8) is 0 Å². The third-order valence-electron chi connectivity index (χ3n) is 4.15. The van der Waals surface area contributed by atoms with Crippen molar-refractivity contribution in [2.75, 3.05) is 26.2 Å². The van der Waals surface area contributed by atoms with Crippen LogP contribution in [0.1, 0.15) is 46.5 Å². The minimum atomic E-state index is -0.533. The molecule has 2 aliphatic heterocycles. The predicted molar refractivity (Wildman–Crippen MR) is 84.6 cm³/mol. The highest BCUT2D eigenvalue weighted by molar-refractivity contribution is 5.86. The first-order chi connectivity index (χ1) is 10.4. The summed E-state index contributed by atoms with van der Waals surface area (Å²) < 4.78 is 5.39. The number of nitrogens with one attached hydrogen (secondary N) is 2. The fourth-order valence-electron chi connectivity index (χ4n) is 3.04. The van der Waals surface area contributed by atoms with Gasteiger partial charge in [0.2, 0.25) is 5.91 Å². The first kappa shape index (κ1) is 17.1. The zero-order chi connectivity index (χ0) is 16.2. The van der Waals surface area contributed by atoms with Crippen molar-refractivity contribution in [2.24, 2.45) is 5.92 Å².